The molecule has 0 saturated heterocycles. The quantitative estimate of drug-likeness (QED) is 0.902. The van der Waals surface area contributed by atoms with Crippen LogP contribution in [0.15, 0.2) is 6.33 Å². The molecule has 102 valence electrons. The summed E-state index contributed by atoms with van der Waals surface area (Å²) in [4.78, 5) is 11.4. The Morgan fingerprint density at radius 1 is 1.37 bits per heavy atom. The first kappa shape index (κ1) is 12.8. The van der Waals surface area contributed by atoms with Crippen LogP contribution in [0, 0.1) is 0 Å². The summed E-state index contributed by atoms with van der Waals surface area (Å²) in [5.41, 5.74) is 1.43. The summed E-state index contributed by atoms with van der Waals surface area (Å²) in [5, 5.41) is 13.9. The Bertz CT molecular complexity index is 577. The molecule has 3 rings (SSSR count). The van der Waals surface area contributed by atoms with Crippen LogP contribution in [0.3, 0.4) is 0 Å². The van der Waals surface area contributed by atoms with Gasteiger partial charge in [0.2, 0.25) is 0 Å². The summed E-state index contributed by atoms with van der Waals surface area (Å²) in [6.45, 7) is 2.20. The maximum absolute atomic E-state index is 9.35. The largest absolute Gasteiger partial charge is 0.394 e. The summed E-state index contributed by atoms with van der Waals surface area (Å²) in [7, 11) is 0. The van der Waals surface area contributed by atoms with Gasteiger partial charge in [0.05, 0.1) is 18.0 Å². The zero-order valence-electron chi connectivity index (χ0n) is 11.1. The Hall–Kier alpha value is -1.20. The van der Waals surface area contributed by atoms with Crippen molar-refractivity contribution in [2.24, 2.45) is 0 Å². The minimum Gasteiger partial charge on any atom is -0.394 e. The summed E-state index contributed by atoms with van der Waals surface area (Å²) in [6.07, 6.45) is 7.35. The predicted octanol–water partition coefficient (Wildman–Crippen LogP) is 2.75. The number of fused-ring (bicyclic) bond motifs is 3. The van der Waals surface area contributed by atoms with E-state index in [-0.39, 0.29) is 12.6 Å². The highest BCUT2D eigenvalue weighted by Gasteiger charge is 2.20. The van der Waals surface area contributed by atoms with Crippen molar-refractivity contribution in [3.63, 3.8) is 0 Å². The van der Waals surface area contributed by atoms with Crippen LogP contribution in [-0.2, 0) is 12.8 Å². The number of anilines is 1. The van der Waals surface area contributed by atoms with Gasteiger partial charge in [-0.2, -0.15) is 0 Å². The first-order valence-corrected chi connectivity index (χ1v) is 7.77. The second kappa shape index (κ2) is 5.43. The van der Waals surface area contributed by atoms with Gasteiger partial charge in [-0.25, -0.2) is 9.97 Å². The number of aromatic nitrogens is 2. The molecule has 0 bridgehead atoms. The Balaban J connectivity index is 2.06. The van der Waals surface area contributed by atoms with Crippen LogP contribution >= 0.6 is 11.3 Å². The van der Waals surface area contributed by atoms with Gasteiger partial charge in [0.25, 0.3) is 0 Å². The number of aryl methyl sites for hydroxylation is 2. The van der Waals surface area contributed by atoms with Crippen LogP contribution in [0.25, 0.3) is 10.2 Å². The topological polar surface area (TPSA) is 58.0 Å². The van der Waals surface area contributed by atoms with Crippen molar-refractivity contribution in [3.05, 3.63) is 16.8 Å². The van der Waals surface area contributed by atoms with E-state index in [4.69, 9.17) is 0 Å². The van der Waals surface area contributed by atoms with Crippen LogP contribution < -0.4 is 5.32 Å². The van der Waals surface area contributed by atoms with E-state index in [0.717, 1.165) is 23.5 Å². The molecular formula is C14H19N3OS. The Morgan fingerprint density at radius 2 is 2.21 bits per heavy atom. The molecule has 19 heavy (non-hydrogen) atoms. The van der Waals surface area contributed by atoms with Crippen LogP contribution in [0.4, 0.5) is 5.82 Å². The molecule has 0 radical (unpaired) electrons. The maximum Gasteiger partial charge on any atom is 0.138 e. The smallest absolute Gasteiger partial charge is 0.138 e. The van der Waals surface area contributed by atoms with E-state index in [2.05, 4.69) is 22.2 Å². The highest BCUT2D eigenvalue weighted by Crippen LogP contribution is 2.38. The number of hydrogen-bond donors (Lipinski definition) is 2. The van der Waals surface area contributed by atoms with E-state index in [1.54, 1.807) is 17.7 Å². The van der Waals surface area contributed by atoms with E-state index in [1.807, 2.05) is 0 Å². The van der Waals surface area contributed by atoms with E-state index in [9.17, 15) is 5.11 Å². The fourth-order valence-corrected chi connectivity index (χ4v) is 3.90. The molecule has 0 aromatic carbocycles. The monoisotopic (exact) mass is 277 g/mol. The van der Waals surface area contributed by atoms with Crippen molar-refractivity contribution in [2.45, 2.75) is 45.1 Å². The molecule has 4 nitrogen and oxygen atoms in total. The van der Waals surface area contributed by atoms with Crippen LogP contribution in [0.5, 0.6) is 0 Å². The highest BCUT2D eigenvalue weighted by atomic mass is 32.1. The second-order valence-corrected chi connectivity index (χ2v) is 6.13. The first-order chi connectivity index (χ1) is 9.33. The number of aliphatic hydroxyl groups is 1. The van der Waals surface area contributed by atoms with Crippen molar-refractivity contribution in [1.29, 1.82) is 0 Å². The van der Waals surface area contributed by atoms with E-state index < -0.39 is 0 Å². The second-order valence-electron chi connectivity index (χ2n) is 5.05. The van der Waals surface area contributed by atoms with Crippen LogP contribution in [-0.4, -0.2) is 27.7 Å². The molecule has 1 aliphatic carbocycles. The van der Waals surface area contributed by atoms with Crippen molar-refractivity contribution in [3.8, 4) is 0 Å². The minimum atomic E-state index is 0.0669. The van der Waals surface area contributed by atoms with Crippen LogP contribution in [0.2, 0.25) is 0 Å². The summed E-state index contributed by atoms with van der Waals surface area (Å²) in [6, 6.07) is 0.0669. The molecule has 0 unspecified atom stereocenters. The third kappa shape index (κ3) is 2.32. The van der Waals surface area contributed by atoms with E-state index in [1.165, 1.54) is 35.1 Å². The molecule has 0 amide bonds. The lowest BCUT2D eigenvalue weighted by molar-refractivity contribution is 0.271. The molecule has 1 aliphatic rings. The van der Waals surface area contributed by atoms with Gasteiger partial charge < -0.3 is 10.4 Å². The van der Waals surface area contributed by atoms with Gasteiger partial charge in [-0.05, 0) is 37.7 Å². The zero-order valence-corrected chi connectivity index (χ0v) is 12.0. The standard InChI is InChI=1S/C14H19N3OS/c1-2-9(7-18)17-13-12-10-5-3-4-6-11(10)19-14(12)16-8-15-13/h8-9,18H,2-7H2,1H3,(H,15,16,17)/t9-/m1/s1. The molecule has 0 fully saturated rings. The lowest BCUT2D eigenvalue weighted by atomic mass is 9.97. The van der Waals surface area contributed by atoms with Gasteiger partial charge in [-0.3, -0.25) is 0 Å². The number of aliphatic hydroxyl groups excluding tert-OH is 1. The Labute approximate surface area is 116 Å². The molecule has 5 heteroatoms. The lowest BCUT2D eigenvalue weighted by Crippen LogP contribution is -2.23. The number of nitrogens with one attached hydrogen (secondary N) is 1. The maximum atomic E-state index is 9.35. The summed E-state index contributed by atoms with van der Waals surface area (Å²) >= 11 is 1.80. The first-order valence-electron chi connectivity index (χ1n) is 6.96. The van der Waals surface area contributed by atoms with Crippen molar-refractivity contribution in [1.82, 2.24) is 9.97 Å². The average molecular weight is 277 g/mol. The average Bonchev–Trinajstić information content (AvgIpc) is 2.84. The Kier molecular flexibility index (Phi) is 3.66. The fraction of sp³-hybridized carbons (Fsp3) is 0.571. The lowest BCUT2D eigenvalue weighted by Gasteiger charge is -2.16. The Morgan fingerprint density at radius 3 is 3.00 bits per heavy atom. The molecule has 0 saturated carbocycles. The van der Waals surface area contributed by atoms with Crippen molar-refractivity contribution >= 4 is 27.4 Å². The van der Waals surface area contributed by atoms with E-state index >= 15 is 0 Å². The molecular weight excluding hydrogens is 258 g/mol. The van der Waals surface area contributed by atoms with Gasteiger partial charge in [-0.15, -0.1) is 11.3 Å². The molecule has 0 spiro atoms. The van der Waals surface area contributed by atoms with Gasteiger partial charge in [0, 0.05) is 4.88 Å². The number of nitrogens with zero attached hydrogens (tertiary/aromatic N) is 2. The zero-order chi connectivity index (χ0) is 13.2. The van der Waals surface area contributed by atoms with Crippen molar-refractivity contribution in [2.75, 3.05) is 11.9 Å². The molecule has 0 aliphatic heterocycles. The highest BCUT2D eigenvalue weighted by molar-refractivity contribution is 7.19. The molecule has 1 atom stereocenters. The third-order valence-electron chi connectivity index (χ3n) is 3.81. The minimum absolute atomic E-state index is 0.0669. The normalized spacial score (nSPS) is 16.3. The fourth-order valence-electron chi connectivity index (χ4n) is 2.67. The van der Waals surface area contributed by atoms with Crippen molar-refractivity contribution < 1.29 is 5.11 Å². The number of thiophene rings is 1. The molecule has 2 N–H and O–H groups in total. The van der Waals surface area contributed by atoms with Gasteiger partial charge in [0.1, 0.15) is 17.0 Å². The van der Waals surface area contributed by atoms with Gasteiger partial charge in [0.15, 0.2) is 0 Å². The molecule has 2 aromatic rings. The molecule has 2 aromatic heterocycles. The van der Waals surface area contributed by atoms with Crippen LogP contribution in [0.1, 0.15) is 36.6 Å². The van der Waals surface area contributed by atoms with E-state index in [0.29, 0.717) is 0 Å². The number of rotatable bonds is 4. The third-order valence-corrected chi connectivity index (χ3v) is 5.01. The van der Waals surface area contributed by atoms with Gasteiger partial charge in [-0.1, -0.05) is 6.92 Å². The molecule has 2 heterocycles. The number of hydrogen-bond acceptors (Lipinski definition) is 5. The predicted molar refractivity (Wildman–Crippen MR) is 78.8 cm³/mol. The van der Waals surface area contributed by atoms with Gasteiger partial charge >= 0.3 is 0 Å². The SMILES string of the molecule is CC[C@H](CO)Nc1ncnc2sc3c(c12)CCCC3. The summed E-state index contributed by atoms with van der Waals surface area (Å²) in [5.74, 6) is 0.894. The summed E-state index contributed by atoms with van der Waals surface area (Å²) < 4.78 is 0.